The maximum absolute atomic E-state index is 13.7. The number of thioether (sulfide) groups is 1. The van der Waals surface area contributed by atoms with Gasteiger partial charge in [0.25, 0.3) is 0 Å². The van der Waals surface area contributed by atoms with Crippen LogP contribution >= 0.6 is 11.8 Å². The van der Waals surface area contributed by atoms with Crippen LogP contribution in [0.25, 0.3) is 0 Å². The molecule has 0 aliphatic carbocycles. The number of aromatic nitrogens is 2. The predicted octanol–water partition coefficient (Wildman–Crippen LogP) is 1.27. The molecule has 84 valence electrons. The minimum absolute atomic E-state index is 0.247. The minimum Gasteiger partial charge on any atom is -0.366 e. The van der Waals surface area contributed by atoms with Gasteiger partial charge in [0, 0.05) is 13.1 Å². The van der Waals surface area contributed by atoms with E-state index < -0.39 is 0 Å². The van der Waals surface area contributed by atoms with E-state index in [9.17, 15) is 4.39 Å². The monoisotopic (exact) mass is 230 g/mol. The van der Waals surface area contributed by atoms with Crippen molar-refractivity contribution in [1.29, 1.82) is 0 Å². The highest BCUT2D eigenvalue weighted by Gasteiger charge is 2.11. The fourth-order valence-corrected chi connectivity index (χ4v) is 1.49. The van der Waals surface area contributed by atoms with Gasteiger partial charge in [-0.25, -0.2) is 14.4 Å². The molecule has 6 heteroatoms. The topological polar surface area (TPSA) is 63.8 Å². The van der Waals surface area contributed by atoms with E-state index in [0.717, 1.165) is 0 Å². The molecule has 0 spiro atoms. The third kappa shape index (κ3) is 3.04. The summed E-state index contributed by atoms with van der Waals surface area (Å²) in [5, 5.41) is 3.42. The molecule has 0 fully saturated rings. The molecule has 4 nitrogen and oxygen atoms in total. The third-order valence-corrected chi connectivity index (χ3v) is 2.40. The van der Waals surface area contributed by atoms with Crippen molar-refractivity contribution in [2.75, 3.05) is 24.7 Å². The average molecular weight is 230 g/mol. The van der Waals surface area contributed by atoms with Crippen LogP contribution < -0.4 is 11.1 Å². The molecule has 0 aromatic carbocycles. The van der Waals surface area contributed by atoms with Gasteiger partial charge in [-0.05, 0) is 12.7 Å². The number of rotatable bonds is 5. The molecule has 0 unspecified atom stereocenters. The van der Waals surface area contributed by atoms with Gasteiger partial charge >= 0.3 is 0 Å². The second-order valence-corrected chi connectivity index (χ2v) is 3.66. The molecule has 0 saturated carbocycles. The maximum atomic E-state index is 13.7. The van der Waals surface area contributed by atoms with E-state index in [1.807, 2.05) is 13.2 Å². The number of nitrogens with one attached hydrogen (secondary N) is 1. The van der Waals surface area contributed by atoms with Crippen molar-refractivity contribution in [3.8, 4) is 0 Å². The summed E-state index contributed by atoms with van der Waals surface area (Å²) < 4.78 is 13.7. The van der Waals surface area contributed by atoms with Gasteiger partial charge in [0.05, 0.1) is 5.69 Å². The number of hydrogen-bond acceptors (Lipinski definition) is 5. The SMILES string of the molecule is CCc1nc(SC)nc(NCCN)c1F. The smallest absolute Gasteiger partial charge is 0.189 e. The summed E-state index contributed by atoms with van der Waals surface area (Å²) in [6, 6.07) is 0. The molecular formula is C9H15FN4S. The third-order valence-electron chi connectivity index (χ3n) is 1.85. The van der Waals surface area contributed by atoms with Crippen LogP contribution in [0.15, 0.2) is 5.16 Å². The fourth-order valence-electron chi connectivity index (χ4n) is 1.10. The first-order chi connectivity index (χ1) is 7.22. The predicted molar refractivity (Wildman–Crippen MR) is 60.7 cm³/mol. The van der Waals surface area contributed by atoms with Crippen molar-refractivity contribution in [2.45, 2.75) is 18.5 Å². The van der Waals surface area contributed by atoms with Gasteiger partial charge in [0.1, 0.15) is 0 Å². The molecule has 1 aromatic rings. The lowest BCUT2D eigenvalue weighted by Crippen LogP contribution is -2.16. The van der Waals surface area contributed by atoms with Crippen molar-refractivity contribution in [2.24, 2.45) is 5.73 Å². The number of nitrogens with zero attached hydrogens (tertiary/aromatic N) is 2. The van der Waals surface area contributed by atoms with E-state index in [-0.39, 0.29) is 11.6 Å². The highest BCUT2D eigenvalue weighted by atomic mass is 32.2. The zero-order valence-corrected chi connectivity index (χ0v) is 9.70. The van der Waals surface area contributed by atoms with Crippen molar-refractivity contribution in [1.82, 2.24) is 9.97 Å². The highest BCUT2D eigenvalue weighted by Crippen LogP contribution is 2.19. The fraction of sp³-hybridized carbons (Fsp3) is 0.556. The molecule has 0 aliphatic heterocycles. The summed E-state index contributed by atoms with van der Waals surface area (Å²) in [4.78, 5) is 8.13. The molecule has 1 heterocycles. The van der Waals surface area contributed by atoms with Crippen molar-refractivity contribution < 1.29 is 4.39 Å². The normalized spacial score (nSPS) is 10.4. The average Bonchev–Trinajstić information content (AvgIpc) is 2.27. The second kappa shape index (κ2) is 5.87. The Hall–Kier alpha value is -0.880. The second-order valence-electron chi connectivity index (χ2n) is 2.89. The quantitative estimate of drug-likeness (QED) is 0.589. The summed E-state index contributed by atoms with van der Waals surface area (Å²) in [5.74, 6) is -0.125. The molecule has 1 rings (SSSR count). The molecule has 0 amide bonds. The largest absolute Gasteiger partial charge is 0.366 e. The van der Waals surface area contributed by atoms with E-state index in [1.165, 1.54) is 11.8 Å². The van der Waals surface area contributed by atoms with Crippen molar-refractivity contribution >= 4 is 17.6 Å². The maximum Gasteiger partial charge on any atom is 0.189 e. The summed E-state index contributed by atoms with van der Waals surface area (Å²) in [6.45, 7) is 2.81. The summed E-state index contributed by atoms with van der Waals surface area (Å²) in [6.07, 6.45) is 2.42. The standard InChI is InChI=1S/C9H15FN4S/c1-3-6-7(10)8(12-5-4-11)14-9(13-6)15-2/h3-5,11H2,1-2H3,(H,12,13,14). The van der Waals surface area contributed by atoms with Crippen LogP contribution in [0.3, 0.4) is 0 Å². The van der Waals surface area contributed by atoms with Crippen LogP contribution in [0.2, 0.25) is 0 Å². The van der Waals surface area contributed by atoms with E-state index in [2.05, 4.69) is 15.3 Å². The van der Waals surface area contributed by atoms with Crippen LogP contribution in [0.5, 0.6) is 0 Å². The number of hydrogen-bond donors (Lipinski definition) is 2. The Labute approximate surface area is 92.9 Å². The first kappa shape index (κ1) is 12.2. The van der Waals surface area contributed by atoms with Gasteiger partial charge < -0.3 is 11.1 Å². The van der Waals surface area contributed by atoms with Crippen LogP contribution in [0.4, 0.5) is 10.2 Å². The number of nitrogens with two attached hydrogens (primary N) is 1. The molecular weight excluding hydrogens is 215 g/mol. The van der Waals surface area contributed by atoms with Gasteiger partial charge in [-0.2, -0.15) is 0 Å². The highest BCUT2D eigenvalue weighted by molar-refractivity contribution is 7.98. The molecule has 1 aromatic heterocycles. The molecule has 3 N–H and O–H groups in total. The van der Waals surface area contributed by atoms with Crippen molar-refractivity contribution in [3.05, 3.63) is 11.5 Å². The summed E-state index contributed by atoms with van der Waals surface area (Å²) >= 11 is 1.39. The van der Waals surface area contributed by atoms with Crippen LogP contribution in [-0.4, -0.2) is 29.3 Å². The van der Waals surface area contributed by atoms with Crippen molar-refractivity contribution in [3.63, 3.8) is 0 Å². The zero-order chi connectivity index (χ0) is 11.3. The molecule has 15 heavy (non-hydrogen) atoms. The van der Waals surface area contributed by atoms with Crippen LogP contribution in [0.1, 0.15) is 12.6 Å². The van der Waals surface area contributed by atoms with Gasteiger partial charge in [-0.15, -0.1) is 0 Å². The molecule has 0 atom stereocenters. The molecule has 0 saturated heterocycles. The van der Waals surface area contributed by atoms with Gasteiger partial charge in [-0.1, -0.05) is 18.7 Å². The van der Waals surface area contributed by atoms with E-state index >= 15 is 0 Å². The number of halogens is 1. The number of aryl methyl sites for hydroxylation is 1. The molecule has 0 aliphatic rings. The Morgan fingerprint density at radius 1 is 1.47 bits per heavy atom. The van der Waals surface area contributed by atoms with Crippen LogP contribution in [-0.2, 0) is 6.42 Å². The lowest BCUT2D eigenvalue weighted by atomic mass is 10.3. The molecule has 0 bridgehead atoms. The van der Waals surface area contributed by atoms with E-state index in [4.69, 9.17) is 5.73 Å². The van der Waals surface area contributed by atoms with Gasteiger partial charge in [0.2, 0.25) is 0 Å². The first-order valence-electron chi connectivity index (χ1n) is 4.77. The Bertz CT molecular complexity index is 332. The van der Waals surface area contributed by atoms with Crippen LogP contribution in [0, 0.1) is 5.82 Å². The Morgan fingerprint density at radius 2 is 2.20 bits per heavy atom. The zero-order valence-electron chi connectivity index (χ0n) is 8.88. The van der Waals surface area contributed by atoms with E-state index in [0.29, 0.717) is 30.4 Å². The van der Waals surface area contributed by atoms with Gasteiger partial charge in [0.15, 0.2) is 16.8 Å². The Kier molecular flexibility index (Phi) is 4.77. The summed E-state index contributed by atoms with van der Waals surface area (Å²) in [7, 11) is 0. The minimum atomic E-state index is -0.372. The number of anilines is 1. The van der Waals surface area contributed by atoms with Gasteiger partial charge in [-0.3, -0.25) is 0 Å². The summed E-state index contributed by atoms with van der Waals surface area (Å²) in [5.41, 5.74) is 5.77. The first-order valence-corrected chi connectivity index (χ1v) is 5.99. The lowest BCUT2D eigenvalue weighted by Gasteiger charge is -2.09. The Balaban J connectivity index is 3.01. The molecule has 0 radical (unpaired) electrons. The lowest BCUT2D eigenvalue weighted by molar-refractivity contribution is 0.587. The van der Waals surface area contributed by atoms with E-state index in [1.54, 1.807) is 0 Å². The Morgan fingerprint density at radius 3 is 2.73 bits per heavy atom.